The first-order chi connectivity index (χ1) is 8.07. The highest BCUT2D eigenvalue weighted by molar-refractivity contribution is 5.28. The third kappa shape index (κ3) is 3.32. The second-order valence-electron chi connectivity index (χ2n) is 3.65. The molecule has 0 unspecified atom stereocenters. The molecule has 0 aromatic rings. The highest BCUT2D eigenvalue weighted by atomic mass is 16.6. The van der Waals surface area contributed by atoms with E-state index in [0.717, 1.165) is 0 Å². The molecule has 17 heavy (non-hydrogen) atoms. The van der Waals surface area contributed by atoms with Gasteiger partial charge in [0.15, 0.2) is 0 Å². The van der Waals surface area contributed by atoms with Gasteiger partial charge in [0, 0.05) is 13.1 Å². The summed E-state index contributed by atoms with van der Waals surface area (Å²) in [6.07, 6.45) is 2.87. The number of nitrogens with two attached hydrogens (primary N) is 1. The Morgan fingerprint density at radius 3 is 2.59 bits per heavy atom. The van der Waals surface area contributed by atoms with E-state index >= 15 is 0 Å². The van der Waals surface area contributed by atoms with Gasteiger partial charge in [-0.1, -0.05) is 12.7 Å². The molecule has 0 saturated carbocycles. The molecule has 6 heteroatoms. The number of allylic oxidation sites excluding steroid dienone is 3. The minimum Gasteiger partial charge on any atom is -0.393 e. The quantitative estimate of drug-likeness (QED) is 0.447. The molecule has 6 nitrogen and oxygen atoms in total. The van der Waals surface area contributed by atoms with E-state index in [-0.39, 0.29) is 11.4 Å². The smallest absolute Gasteiger partial charge is 0.310 e. The van der Waals surface area contributed by atoms with Crippen molar-refractivity contribution in [1.29, 1.82) is 0 Å². The Bertz CT molecular complexity index is 368. The fourth-order valence-electron chi connectivity index (χ4n) is 1.70. The summed E-state index contributed by atoms with van der Waals surface area (Å²) in [4.78, 5) is 12.5. The lowest BCUT2D eigenvalue weighted by atomic mass is 10.2. The molecule has 2 N–H and O–H groups in total. The van der Waals surface area contributed by atoms with Crippen LogP contribution in [0.3, 0.4) is 0 Å². The van der Waals surface area contributed by atoms with Crippen LogP contribution in [0.2, 0.25) is 0 Å². The summed E-state index contributed by atoms with van der Waals surface area (Å²) in [5.41, 5.74) is 6.29. The van der Waals surface area contributed by atoms with Crippen molar-refractivity contribution in [3.05, 3.63) is 45.9 Å². The van der Waals surface area contributed by atoms with Crippen molar-refractivity contribution in [2.45, 2.75) is 6.92 Å². The topological polar surface area (TPSA) is 81.6 Å². The van der Waals surface area contributed by atoms with E-state index in [2.05, 4.69) is 6.58 Å². The second kappa shape index (κ2) is 6.05. The molecule has 1 saturated heterocycles. The Morgan fingerprint density at radius 1 is 1.53 bits per heavy atom. The Morgan fingerprint density at radius 2 is 2.12 bits per heavy atom. The highest BCUT2D eigenvalue weighted by Gasteiger charge is 2.23. The van der Waals surface area contributed by atoms with Gasteiger partial charge in [-0.15, -0.1) is 0 Å². The number of hydrogen-bond acceptors (Lipinski definition) is 5. The molecule has 0 spiro atoms. The average molecular weight is 239 g/mol. The number of nitrogens with zero attached hydrogens (tertiary/aromatic N) is 2. The van der Waals surface area contributed by atoms with Crippen LogP contribution in [0.15, 0.2) is 35.8 Å². The van der Waals surface area contributed by atoms with Crippen molar-refractivity contribution < 1.29 is 9.66 Å². The zero-order chi connectivity index (χ0) is 12.8. The summed E-state index contributed by atoms with van der Waals surface area (Å²) in [6, 6.07) is 0. The predicted molar refractivity (Wildman–Crippen MR) is 64.6 cm³/mol. The van der Waals surface area contributed by atoms with Gasteiger partial charge in [-0.25, -0.2) is 0 Å². The van der Waals surface area contributed by atoms with E-state index in [1.54, 1.807) is 6.92 Å². The van der Waals surface area contributed by atoms with Gasteiger partial charge in [0.25, 0.3) is 0 Å². The molecule has 1 heterocycles. The first-order valence-corrected chi connectivity index (χ1v) is 5.34. The summed E-state index contributed by atoms with van der Waals surface area (Å²) in [7, 11) is 0. The van der Waals surface area contributed by atoms with Crippen LogP contribution in [0.4, 0.5) is 0 Å². The standard InChI is InChI=1S/C11H17N3O3/c1-3-4-10(12)11(14(15)16)9(2)13-5-7-17-8-6-13/h3-4H,1,5-8,12H2,2H3/b10-4+,11-9-. The molecule has 1 fully saturated rings. The van der Waals surface area contributed by atoms with E-state index in [1.807, 2.05) is 4.90 Å². The van der Waals surface area contributed by atoms with E-state index in [9.17, 15) is 10.1 Å². The predicted octanol–water partition coefficient (Wildman–Crippen LogP) is 0.855. The summed E-state index contributed by atoms with van der Waals surface area (Å²) in [5.74, 6) is 0. The van der Waals surface area contributed by atoms with Gasteiger partial charge in [-0.05, 0) is 13.0 Å². The van der Waals surface area contributed by atoms with Gasteiger partial charge in [0.2, 0.25) is 0 Å². The van der Waals surface area contributed by atoms with Crippen LogP contribution < -0.4 is 5.73 Å². The molecule has 1 aliphatic rings. The second-order valence-corrected chi connectivity index (χ2v) is 3.65. The van der Waals surface area contributed by atoms with Gasteiger partial charge in [-0.3, -0.25) is 10.1 Å². The van der Waals surface area contributed by atoms with Crippen LogP contribution >= 0.6 is 0 Å². The molecule has 0 bridgehead atoms. The Kier molecular flexibility index (Phi) is 4.71. The molecular weight excluding hydrogens is 222 g/mol. The minimum atomic E-state index is -0.458. The van der Waals surface area contributed by atoms with Gasteiger partial charge in [-0.2, -0.15) is 0 Å². The number of ether oxygens (including phenoxy) is 1. The summed E-state index contributed by atoms with van der Waals surface area (Å²) in [6.45, 7) is 7.62. The monoisotopic (exact) mass is 239 g/mol. The maximum atomic E-state index is 11.0. The van der Waals surface area contributed by atoms with Crippen LogP contribution in [-0.2, 0) is 4.74 Å². The molecule has 0 amide bonds. The molecule has 1 rings (SSSR count). The highest BCUT2D eigenvalue weighted by Crippen LogP contribution is 2.16. The zero-order valence-electron chi connectivity index (χ0n) is 9.89. The Hall–Kier alpha value is -1.82. The van der Waals surface area contributed by atoms with Gasteiger partial charge < -0.3 is 15.4 Å². The largest absolute Gasteiger partial charge is 0.393 e. The third-order valence-electron chi connectivity index (χ3n) is 2.58. The van der Waals surface area contributed by atoms with Crippen LogP contribution in [0.25, 0.3) is 0 Å². The van der Waals surface area contributed by atoms with Gasteiger partial charge in [0.1, 0.15) is 5.70 Å². The normalized spacial score (nSPS) is 18.6. The summed E-state index contributed by atoms with van der Waals surface area (Å²) in [5, 5.41) is 11.0. The molecule has 0 aliphatic carbocycles. The molecule has 0 aromatic carbocycles. The van der Waals surface area contributed by atoms with Crippen LogP contribution in [0.5, 0.6) is 0 Å². The average Bonchev–Trinajstić information content (AvgIpc) is 2.30. The van der Waals surface area contributed by atoms with Crippen molar-refractivity contribution >= 4 is 0 Å². The maximum absolute atomic E-state index is 11.0. The van der Waals surface area contributed by atoms with Crippen LogP contribution in [0, 0.1) is 10.1 Å². The number of nitro groups is 1. The van der Waals surface area contributed by atoms with Crippen molar-refractivity contribution in [1.82, 2.24) is 4.90 Å². The van der Waals surface area contributed by atoms with E-state index in [4.69, 9.17) is 10.5 Å². The van der Waals surface area contributed by atoms with E-state index in [0.29, 0.717) is 32.0 Å². The van der Waals surface area contributed by atoms with Gasteiger partial charge in [0.05, 0.1) is 23.8 Å². The molecule has 0 atom stereocenters. The Balaban J connectivity index is 3.04. The fourth-order valence-corrected chi connectivity index (χ4v) is 1.70. The summed E-state index contributed by atoms with van der Waals surface area (Å²) < 4.78 is 5.20. The SMILES string of the molecule is C=C/C=C(N)\C(=C(/C)N1CCOCC1)[N+](=O)[O-]. The molecule has 0 radical (unpaired) electrons. The fraction of sp³-hybridized carbons (Fsp3) is 0.455. The Labute approximate surface area is 100 Å². The molecule has 0 aromatic heterocycles. The lowest BCUT2D eigenvalue weighted by Gasteiger charge is -2.28. The maximum Gasteiger partial charge on any atom is 0.310 e. The van der Waals surface area contributed by atoms with Crippen molar-refractivity contribution in [3.8, 4) is 0 Å². The van der Waals surface area contributed by atoms with Crippen LogP contribution in [-0.4, -0.2) is 36.1 Å². The van der Waals surface area contributed by atoms with Crippen molar-refractivity contribution in [2.75, 3.05) is 26.3 Å². The molecule has 1 aliphatic heterocycles. The summed E-state index contributed by atoms with van der Waals surface area (Å²) >= 11 is 0. The molecule has 94 valence electrons. The zero-order valence-corrected chi connectivity index (χ0v) is 9.89. The first-order valence-electron chi connectivity index (χ1n) is 5.34. The van der Waals surface area contributed by atoms with Crippen molar-refractivity contribution in [3.63, 3.8) is 0 Å². The third-order valence-corrected chi connectivity index (χ3v) is 2.58. The van der Waals surface area contributed by atoms with Gasteiger partial charge >= 0.3 is 5.70 Å². The number of hydrogen-bond donors (Lipinski definition) is 1. The first kappa shape index (κ1) is 13.2. The van der Waals surface area contributed by atoms with Crippen molar-refractivity contribution in [2.24, 2.45) is 5.73 Å². The lowest BCUT2D eigenvalue weighted by molar-refractivity contribution is -0.423. The molecular formula is C11H17N3O3. The minimum absolute atomic E-state index is 0.0631. The number of morpholine rings is 1. The van der Waals surface area contributed by atoms with E-state index < -0.39 is 4.92 Å². The number of rotatable bonds is 4. The lowest BCUT2D eigenvalue weighted by Crippen LogP contribution is -2.36. The van der Waals surface area contributed by atoms with Crippen LogP contribution in [0.1, 0.15) is 6.92 Å². The van der Waals surface area contributed by atoms with E-state index in [1.165, 1.54) is 12.2 Å².